The van der Waals surface area contributed by atoms with Gasteiger partial charge in [-0.05, 0) is 41.7 Å². The maximum absolute atomic E-state index is 13.1. The van der Waals surface area contributed by atoms with E-state index in [0.29, 0.717) is 16.5 Å². The predicted molar refractivity (Wildman–Crippen MR) is 108 cm³/mol. The summed E-state index contributed by atoms with van der Waals surface area (Å²) in [5.41, 5.74) is 3.50. The van der Waals surface area contributed by atoms with E-state index in [-0.39, 0.29) is 23.2 Å². The van der Waals surface area contributed by atoms with Crippen molar-refractivity contribution in [2.75, 3.05) is 5.32 Å². The Hall–Kier alpha value is -1.84. The predicted octanol–water partition coefficient (Wildman–Crippen LogP) is 6.24. The molecule has 2 aliphatic rings. The Morgan fingerprint density at radius 1 is 1.12 bits per heavy atom. The Balaban J connectivity index is 1.89. The van der Waals surface area contributed by atoms with E-state index in [4.69, 9.17) is 28.2 Å². The van der Waals surface area contributed by atoms with Crippen molar-refractivity contribution >= 4 is 46.1 Å². The van der Waals surface area contributed by atoms with Crippen LogP contribution in [0.4, 0.5) is 11.4 Å². The van der Waals surface area contributed by atoms with Gasteiger partial charge in [0.1, 0.15) is 5.78 Å². The van der Waals surface area contributed by atoms with Gasteiger partial charge in [0.15, 0.2) is 0 Å². The molecule has 2 aromatic carbocycles. The highest BCUT2D eigenvalue weighted by molar-refractivity contribution is 6.35. The summed E-state index contributed by atoms with van der Waals surface area (Å²) in [6, 6.07) is 13.1. The van der Waals surface area contributed by atoms with Gasteiger partial charge in [-0.2, -0.15) is 0 Å². The van der Waals surface area contributed by atoms with E-state index in [9.17, 15) is 4.79 Å². The fourth-order valence-electron chi connectivity index (χ4n) is 4.03. The molecule has 2 atom stereocenters. The third-order valence-electron chi connectivity index (χ3n) is 5.13. The Kier molecular flexibility index (Phi) is 4.32. The second-order valence-corrected chi connectivity index (χ2v) is 8.71. The minimum atomic E-state index is -0.325. The maximum atomic E-state index is 13.1. The number of benzene rings is 2. The summed E-state index contributed by atoms with van der Waals surface area (Å²) in [5.74, 6) is -0.120. The molecule has 134 valence electrons. The number of nitrogens with one attached hydrogen (secondary N) is 1. The molecule has 0 aromatic heterocycles. The number of aliphatic imine (C=N–C) groups is 1. The van der Waals surface area contributed by atoms with Crippen molar-refractivity contribution in [1.29, 1.82) is 0 Å². The van der Waals surface area contributed by atoms with Crippen LogP contribution >= 0.6 is 23.2 Å². The van der Waals surface area contributed by atoms with Gasteiger partial charge >= 0.3 is 0 Å². The summed E-state index contributed by atoms with van der Waals surface area (Å²) in [7, 11) is 0. The number of ketones is 1. The number of anilines is 1. The summed E-state index contributed by atoms with van der Waals surface area (Å²) in [6.45, 7) is 4.25. The van der Waals surface area contributed by atoms with Gasteiger partial charge in [-0.1, -0.05) is 55.2 Å². The molecule has 3 nitrogen and oxygen atoms in total. The van der Waals surface area contributed by atoms with Crippen LogP contribution in [0.5, 0.6) is 0 Å². The molecule has 0 saturated heterocycles. The number of para-hydroxylation sites is 2. The molecular weight excluding hydrogens is 367 g/mol. The summed E-state index contributed by atoms with van der Waals surface area (Å²) in [5, 5.41) is 4.67. The number of carbonyl (C=O) groups excluding carboxylic acids is 1. The minimum Gasteiger partial charge on any atom is -0.375 e. The fraction of sp³-hybridized carbons (Fsp3) is 0.333. The lowest BCUT2D eigenvalue weighted by Crippen LogP contribution is -2.42. The molecule has 1 fully saturated rings. The lowest BCUT2D eigenvalue weighted by molar-refractivity contribution is -0.124. The second-order valence-electron chi connectivity index (χ2n) is 7.87. The molecule has 4 rings (SSSR count). The van der Waals surface area contributed by atoms with Crippen LogP contribution in [0.25, 0.3) is 0 Å². The smallest absolute Gasteiger partial charge is 0.144 e. The first-order chi connectivity index (χ1) is 12.3. The second kappa shape index (κ2) is 6.40. The Bertz CT molecular complexity index is 920. The van der Waals surface area contributed by atoms with E-state index in [1.165, 1.54) is 0 Å². The van der Waals surface area contributed by atoms with Crippen molar-refractivity contribution in [3.8, 4) is 0 Å². The van der Waals surface area contributed by atoms with E-state index >= 15 is 0 Å². The van der Waals surface area contributed by atoms with Crippen molar-refractivity contribution in [1.82, 2.24) is 0 Å². The Labute approximate surface area is 163 Å². The van der Waals surface area contributed by atoms with Crippen LogP contribution in [0.15, 0.2) is 47.5 Å². The average molecular weight is 387 g/mol. The van der Waals surface area contributed by atoms with Crippen molar-refractivity contribution in [3.05, 3.63) is 58.1 Å². The van der Waals surface area contributed by atoms with E-state index in [0.717, 1.165) is 29.1 Å². The molecule has 1 saturated carbocycles. The number of halogens is 2. The standard InChI is InChI=1S/C21H20Cl2N2O/c1-21(2)10-17-19(18(26)11-21)20(13-8-7-12(22)9-14(13)23)25-16-6-4-3-5-15(16)24-17/h3-9,19-20,25H,10-11H2,1-2H3. The summed E-state index contributed by atoms with van der Waals surface area (Å²) in [4.78, 5) is 18.0. The highest BCUT2D eigenvalue weighted by atomic mass is 35.5. The molecule has 1 aliphatic carbocycles. The number of fused-ring (bicyclic) bond motifs is 2. The van der Waals surface area contributed by atoms with Crippen molar-refractivity contribution in [3.63, 3.8) is 0 Å². The zero-order valence-corrected chi connectivity index (χ0v) is 16.2. The number of hydrogen-bond acceptors (Lipinski definition) is 3. The van der Waals surface area contributed by atoms with Gasteiger partial charge in [-0.3, -0.25) is 9.79 Å². The lowest BCUT2D eigenvalue weighted by Gasteiger charge is -2.37. The Morgan fingerprint density at radius 2 is 1.88 bits per heavy atom. The highest BCUT2D eigenvalue weighted by Crippen LogP contribution is 2.46. The van der Waals surface area contributed by atoms with Crippen LogP contribution in [0.2, 0.25) is 10.0 Å². The number of Topliss-reactive ketones (excluding diaryl/α,β-unsaturated/α-hetero) is 1. The highest BCUT2D eigenvalue weighted by Gasteiger charge is 2.44. The van der Waals surface area contributed by atoms with E-state index in [1.807, 2.05) is 36.4 Å². The SMILES string of the molecule is CC1(C)CC(=O)C2C(=Nc3ccccc3NC2c2ccc(Cl)cc2Cl)C1. The maximum Gasteiger partial charge on any atom is 0.144 e. The van der Waals surface area contributed by atoms with Crippen LogP contribution < -0.4 is 5.32 Å². The number of carbonyl (C=O) groups is 1. The first kappa shape index (κ1) is 17.6. The molecule has 0 radical (unpaired) electrons. The van der Waals surface area contributed by atoms with Gasteiger partial charge in [0.05, 0.1) is 23.3 Å². The molecular formula is C21H20Cl2N2O. The third-order valence-corrected chi connectivity index (χ3v) is 5.69. The van der Waals surface area contributed by atoms with Gasteiger partial charge in [-0.15, -0.1) is 0 Å². The summed E-state index contributed by atoms with van der Waals surface area (Å²) >= 11 is 12.6. The Morgan fingerprint density at radius 3 is 2.65 bits per heavy atom. The number of nitrogens with zero attached hydrogens (tertiary/aromatic N) is 1. The molecule has 1 N–H and O–H groups in total. The minimum absolute atomic E-state index is 0.0833. The summed E-state index contributed by atoms with van der Waals surface area (Å²) in [6.07, 6.45) is 1.33. The average Bonchev–Trinajstić information content (AvgIpc) is 2.69. The normalized spacial score (nSPS) is 24.0. The van der Waals surface area contributed by atoms with E-state index in [2.05, 4.69) is 19.2 Å². The fourth-order valence-corrected chi connectivity index (χ4v) is 4.55. The third kappa shape index (κ3) is 3.15. The molecule has 26 heavy (non-hydrogen) atoms. The zero-order valence-electron chi connectivity index (χ0n) is 14.7. The van der Waals surface area contributed by atoms with Crippen LogP contribution in [-0.2, 0) is 4.79 Å². The first-order valence-corrected chi connectivity index (χ1v) is 9.50. The van der Waals surface area contributed by atoms with Gasteiger partial charge in [-0.25, -0.2) is 0 Å². The van der Waals surface area contributed by atoms with Gasteiger partial charge < -0.3 is 5.32 Å². The molecule has 0 amide bonds. The molecule has 2 unspecified atom stereocenters. The molecule has 0 bridgehead atoms. The molecule has 1 heterocycles. The number of hydrogen-bond donors (Lipinski definition) is 1. The van der Waals surface area contributed by atoms with Crippen LogP contribution in [-0.4, -0.2) is 11.5 Å². The monoisotopic (exact) mass is 386 g/mol. The molecule has 1 aliphatic heterocycles. The van der Waals surface area contributed by atoms with Crippen LogP contribution in [0.3, 0.4) is 0 Å². The van der Waals surface area contributed by atoms with Crippen molar-refractivity contribution in [2.45, 2.75) is 32.7 Å². The summed E-state index contributed by atoms with van der Waals surface area (Å²) < 4.78 is 0. The quantitative estimate of drug-likeness (QED) is 0.630. The number of rotatable bonds is 1. The van der Waals surface area contributed by atoms with E-state index in [1.54, 1.807) is 6.07 Å². The molecule has 5 heteroatoms. The van der Waals surface area contributed by atoms with Gasteiger partial charge in [0.25, 0.3) is 0 Å². The zero-order chi connectivity index (χ0) is 18.5. The van der Waals surface area contributed by atoms with Gasteiger partial charge in [0.2, 0.25) is 0 Å². The molecule has 0 spiro atoms. The van der Waals surface area contributed by atoms with Crippen molar-refractivity contribution in [2.24, 2.45) is 16.3 Å². The first-order valence-electron chi connectivity index (χ1n) is 8.75. The lowest BCUT2D eigenvalue weighted by atomic mass is 9.68. The van der Waals surface area contributed by atoms with Crippen LogP contribution in [0.1, 0.15) is 38.3 Å². The van der Waals surface area contributed by atoms with Crippen LogP contribution in [0, 0.1) is 11.3 Å². The topological polar surface area (TPSA) is 41.5 Å². The van der Waals surface area contributed by atoms with Gasteiger partial charge in [0, 0.05) is 22.2 Å². The van der Waals surface area contributed by atoms with Crippen molar-refractivity contribution < 1.29 is 4.79 Å². The largest absolute Gasteiger partial charge is 0.375 e. The molecule has 2 aromatic rings. The van der Waals surface area contributed by atoms with E-state index < -0.39 is 0 Å².